The monoisotopic (exact) mass is 585 g/mol. The van der Waals surface area contributed by atoms with E-state index < -0.39 is 31.7 Å². The van der Waals surface area contributed by atoms with Crippen molar-refractivity contribution in [3.05, 3.63) is 84.4 Å². The Bertz CT molecular complexity index is 1430. The number of benzene rings is 2. The minimum absolute atomic E-state index is 0.00509. The zero-order valence-electron chi connectivity index (χ0n) is 21.4. The molecule has 4 aromatic rings. The second kappa shape index (κ2) is 12.7. The molecule has 1 amide bonds. The maximum atomic E-state index is 12.6. The number of carbonyl (C=O) groups excluding carboxylic acids is 1. The molecule has 1 aliphatic heterocycles. The summed E-state index contributed by atoms with van der Waals surface area (Å²) in [6.07, 6.45) is 0.274. The second-order valence-corrected chi connectivity index (χ2v) is 11.8. The smallest absolute Gasteiger partial charge is 0.286 e. The summed E-state index contributed by atoms with van der Waals surface area (Å²) in [7, 11) is -2.10. The highest BCUT2D eigenvalue weighted by Crippen LogP contribution is 2.55. The Morgan fingerprint density at radius 3 is 2.60 bits per heavy atom. The number of carbonyl (C=O) groups is 1. The summed E-state index contributed by atoms with van der Waals surface area (Å²) in [6.45, 7) is -0.191. The van der Waals surface area contributed by atoms with Crippen molar-refractivity contribution in [2.45, 2.75) is 31.0 Å². The summed E-state index contributed by atoms with van der Waals surface area (Å²) < 4.78 is 24.1. The number of hydrogen-bond acceptors (Lipinski definition) is 11. The molecule has 3 heterocycles. The molecule has 210 valence electrons. The van der Waals surface area contributed by atoms with Crippen LogP contribution in [0.4, 0.5) is 5.82 Å². The average Bonchev–Trinajstić information content (AvgIpc) is 3.57. The fraction of sp³-hybridized carbons (Fsp3) is 0.308. The molecule has 2 aromatic heterocycles. The summed E-state index contributed by atoms with van der Waals surface area (Å²) in [4.78, 5) is 36.0. The van der Waals surface area contributed by atoms with Gasteiger partial charge in [-0.3, -0.25) is 9.36 Å². The molecule has 0 bridgehead atoms. The lowest BCUT2D eigenvalue weighted by molar-refractivity contribution is -0.0426. The van der Waals surface area contributed by atoms with Crippen molar-refractivity contribution in [2.75, 3.05) is 25.6 Å². The third kappa shape index (κ3) is 6.65. The Labute approximate surface area is 236 Å². The molecular weight excluding hydrogens is 557 g/mol. The molecule has 1 unspecified atom stereocenters. The molecule has 0 aliphatic carbocycles. The van der Waals surface area contributed by atoms with Gasteiger partial charge in [-0.1, -0.05) is 48.5 Å². The molecule has 0 saturated carbocycles. The van der Waals surface area contributed by atoms with Gasteiger partial charge in [0.2, 0.25) is 0 Å². The first-order chi connectivity index (χ1) is 19.3. The van der Waals surface area contributed by atoms with Crippen molar-refractivity contribution >= 4 is 42.3 Å². The van der Waals surface area contributed by atoms with Crippen LogP contribution < -0.4 is 5.32 Å². The number of amides is 1. The number of methoxy groups -OCH3 is 1. The van der Waals surface area contributed by atoms with Gasteiger partial charge in [0.25, 0.3) is 13.1 Å². The number of ether oxygens (including phenoxy) is 2. The lowest BCUT2D eigenvalue weighted by atomic mass is 10.1. The van der Waals surface area contributed by atoms with Gasteiger partial charge < -0.3 is 32.1 Å². The van der Waals surface area contributed by atoms with E-state index in [0.717, 1.165) is 5.56 Å². The standard InChI is InChI=1S/C26H28N5O7PS/c1-35-20(17-8-4-2-5-9-17)13-36-39(34,40)37-14-21-19(32)12-22(38-21)31-16-29-23-24(27-15-28-25(23)31)30-26(33)18-10-6-3-7-11-18/h2-11,15-16,19-22,32H,12-14H2,1H3,(H,34,40)(H,27,28,30,33)/t19-,20-,21+,22+,39?/m0/s1. The van der Waals surface area contributed by atoms with Crippen molar-refractivity contribution in [2.24, 2.45) is 0 Å². The van der Waals surface area contributed by atoms with Gasteiger partial charge in [0.15, 0.2) is 17.0 Å². The minimum atomic E-state index is -3.64. The number of aromatic nitrogens is 4. The molecule has 40 heavy (non-hydrogen) atoms. The molecule has 1 aliphatic rings. The van der Waals surface area contributed by atoms with Gasteiger partial charge in [-0.25, -0.2) is 19.8 Å². The predicted molar refractivity (Wildman–Crippen MR) is 149 cm³/mol. The Balaban J connectivity index is 1.20. The first-order valence-electron chi connectivity index (χ1n) is 12.4. The van der Waals surface area contributed by atoms with Crippen molar-refractivity contribution in [3.63, 3.8) is 0 Å². The zero-order chi connectivity index (χ0) is 28.1. The van der Waals surface area contributed by atoms with Crippen LogP contribution in [-0.2, 0) is 30.8 Å². The van der Waals surface area contributed by atoms with Crippen LogP contribution in [0.15, 0.2) is 73.3 Å². The molecule has 14 heteroatoms. The summed E-state index contributed by atoms with van der Waals surface area (Å²) >= 11 is 5.15. The van der Waals surface area contributed by atoms with E-state index in [-0.39, 0.29) is 31.4 Å². The maximum Gasteiger partial charge on any atom is 0.286 e. The predicted octanol–water partition coefficient (Wildman–Crippen LogP) is 3.36. The van der Waals surface area contributed by atoms with Crippen LogP contribution >= 0.6 is 7.15 Å². The fourth-order valence-corrected chi connectivity index (χ4v) is 5.39. The highest BCUT2D eigenvalue weighted by atomic mass is 32.7. The summed E-state index contributed by atoms with van der Waals surface area (Å²) in [5.41, 5.74) is 2.14. The summed E-state index contributed by atoms with van der Waals surface area (Å²) in [5.74, 6) is -0.0820. The van der Waals surface area contributed by atoms with Crippen molar-refractivity contribution in [1.82, 2.24) is 19.5 Å². The van der Waals surface area contributed by atoms with Crippen LogP contribution in [0.3, 0.4) is 0 Å². The van der Waals surface area contributed by atoms with Crippen LogP contribution in [0.2, 0.25) is 0 Å². The van der Waals surface area contributed by atoms with Gasteiger partial charge in [0.05, 0.1) is 12.4 Å². The number of aliphatic hydroxyl groups is 1. The van der Waals surface area contributed by atoms with E-state index in [4.69, 9.17) is 30.8 Å². The molecule has 0 spiro atoms. The van der Waals surface area contributed by atoms with Crippen LogP contribution in [0, 0.1) is 0 Å². The van der Waals surface area contributed by atoms with E-state index in [2.05, 4.69) is 20.3 Å². The number of nitrogens with one attached hydrogen (secondary N) is 1. The van der Waals surface area contributed by atoms with Gasteiger partial charge in [0.1, 0.15) is 38.0 Å². The number of anilines is 1. The second-order valence-electron chi connectivity index (χ2n) is 8.99. The zero-order valence-corrected chi connectivity index (χ0v) is 23.1. The highest BCUT2D eigenvalue weighted by Gasteiger charge is 2.39. The number of imidazole rings is 1. The fourth-order valence-electron chi connectivity index (χ4n) is 4.29. The summed E-state index contributed by atoms with van der Waals surface area (Å²) in [6, 6.07) is 18.1. The molecular formula is C26H28N5O7PS. The molecule has 5 atom stereocenters. The van der Waals surface area contributed by atoms with Crippen LogP contribution in [0.1, 0.15) is 34.7 Å². The van der Waals surface area contributed by atoms with Crippen molar-refractivity contribution < 1.29 is 33.3 Å². The number of fused-ring (bicyclic) bond motifs is 1. The van der Waals surface area contributed by atoms with Crippen LogP contribution in [-0.4, -0.2) is 68.0 Å². The quantitative estimate of drug-likeness (QED) is 0.176. The van der Waals surface area contributed by atoms with Gasteiger partial charge >= 0.3 is 0 Å². The highest BCUT2D eigenvalue weighted by molar-refractivity contribution is 8.35. The average molecular weight is 586 g/mol. The van der Waals surface area contributed by atoms with Gasteiger partial charge in [-0.15, -0.1) is 0 Å². The maximum absolute atomic E-state index is 12.6. The largest absolute Gasteiger partial charge is 0.459 e. The van der Waals surface area contributed by atoms with Crippen molar-refractivity contribution in [3.8, 4) is 0 Å². The molecule has 5 rings (SSSR count). The van der Waals surface area contributed by atoms with E-state index in [1.807, 2.05) is 36.4 Å². The number of rotatable bonds is 11. The first kappa shape index (κ1) is 28.5. The Morgan fingerprint density at radius 1 is 1.15 bits per heavy atom. The number of nitrogens with zero attached hydrogens (tertiary/aromatic N) is 4. The van der Waals surface area contributed by atoms with E-state index in [0.29, 0.717) is 16.7 Å². The normalized spacial score (nSPS) is 21.2. The van der Waals surface area contributed by atoms with Crippen molar-refractivity contribution in [1.29, 1.82) is 0 Å². The molecule has 12 nitrogen and oxygen atoms in total. The van der Waals surface area contributed by atoms with E-state index in [9.17, 15) is 14.8 Å². The van der Waals surface area contributed by atoms with E-state index in [1.165, 1.54) is 19.8 Å². The lowest BCUT2D eigenvalue weighted by Crippen LogP contribution is -2.26. The number of aliphatic hydroxyl groups excluding tert-OH is 1. The van der Waals surface area contributed by atoms with E-state index >= 15 is 0 Å². The SMILES string of the molecule is CO[C@@H](CO[P+](O)([S-])OC[C@H]1O[C@@H](n2cnc3c(NC(=O)c4ccccc4)ncnc32)C[C@@H]1O)c1ccccc1. The molecule has 2 aromatic carbocycles. The van der Waals surface area contributed by atoms with Gasteiger partial charge in [-0.05, 0) is 17.7 Å². The van der Waals surface area contributed by atoms with Crippen LogP contribution in [0.25, 0.3) is 11.2 Å². The Hall–Kier alpha value is -3.00. The topological polar surface area (TPSA) is 150 Å². The molecule has 0 radical (unpaired) electrons. The molecule has 1 saturated heterocycles. The lowest BCUT2D eigenvalue weighted by Gasteiger charge is -2.25. The summed E-state index contributed by atoms with van der Waals surface area (Å²) in [5, 5.41) is 13.4. The Kier molecular flexibility index (Phi) is 9.03. The van der Waals surface area contributed by atoms with Crippen LogP contribution in [0.5, 0.6) is 0 Å². The molecule has 3 N–H and O–H groups in total. The molecule has 1 fully saturated rings. The third-order valence-electron chi connectivity index (χ3n) is 6.39. The first-order valence-corrected chi connectivity index (χ1v) is 15.0. The third-order valence-corrected chi connectivity index (χ3v) is 7.97. The van der Waals surface area contributed by atoms with E-state index in [1.54, 1.807) is 28.8 Å². The number of hydrogen-bond donors (Lipinski definition) is 3. The van der Waals surface area contributed by atoms with Gasteiger partial charge in [0, 0.05) is 19.1 Å². The Morgan fingerprint density at radius 2 is 1.88 bits per heavy atom. The minimum Gasteiger partial charge on any atom is -0.459 e. The van der Waals surface area contributed by atoms with Gasteiger partial charge in [-0.2, -0.15) is 9.05 Å².